The van der Waals surface area contributed by atoms with Crippen molar-refractivity contribution in [1.82, 2.24) is 5.32 Å². The normalized spacial score (nSPS) is 12.3. The van der Waals surface area contributed by atoms with Gasteiger partial charge in [-0.25, -0.2) is 9.59 Å². The Kier molecular flexibility index (Phi) is 8.26. The summed E-state index contributed by atoms with van der Waals surface area (Å²) in [5.74, 6) is -0.280. The Balaban J connectivity index is 2.09. The maximum atomic E-state index is 11.8. The van der Waals surface area contributed by atoms with Gasteiger partial charge >= 0.3 is 12.1 Å². The molecule has 0 aliphatic rings. The molecule has 1 rings (SSSR count). The lowest BCUT2D eigenvalue weighted by Crippen LogP contribution is -2.65. The van der Waals surface area contributed by atoms with Crippen LogP contribution in [-0.2, 0) is 20.9 Å². The van der Waals surface area contributed by atoms with Gasteiger partial charge in [0.15, 0.2) is 6.04 Å². The summed E-state index contributed by atoms with van der Waals surface area (Å²) in [4.78, 5) is 23.3. The van der Waals surface area contributed by atoms with E-state index in [2.05, 4.69) is 11.1 Å². The number of carbonyl (C=O) groups excluding carboxylic acids is 2. The van der Waals surface area contributed by atoms with Gasteiger partial charge in [-0.05, 0) is 39.2 Å². The molecule has 0 saturated carbocycles. The molecule has 0 fully saturated rings. The van der Waals surface area contributed by atoms with Gasteiger partial charge in [-0.15, -0.1) is 0 Å². The summed E-state index contributed by atoms with van der Waals surface area (Å²) in [7, 11) is 0. The molecular weight excluding hydrogens is 308 g/mol. The van der Waals surface area contributed by atoms with Gasteiger partial charge in [0.2, 0.25) is 0 Å². The van der Waals surface area contributed by atoms with Crippen molar-refractivity contribution in [2.45, 2.75) is 58.3 Å². The third-order valence-corrected chi connectivity index (χ3v) is 3.20. The van der Waals surface area contributed by atoms with Crippen LogP contribution in [0.5, 0.6) is 0 Å². The highest BCUT2D eigenvalue weighted by Gasteiger charge is 2.24. The predicted molar refractivity (Wildman–Crippen MR) is 91.0 cm³/mol. The average Bonchev–Trinajstić information content (AvgIpc) is 2.51. The Morgan fingerprint density at radius 2 is 1.83 bits per heavy atom. The maximum Gasteiger partial charge on any atom is 0.407 e. The topological polar surface area (TPSA) is 92.3 Å². The van der Waals surface area contributed by atoms with Gasteiger partial charge in [0, 0.05) is 13.0 Å². The molecule has 0 radical (unpaired) electrons. The van der Waals surface area contributed by atoms with Crippen molar-refractivity contribution in [3.05, 3.63) is 35.9 Å². The molecule has 6 heteroatoms. The molecule has 6 nitrogen and oxygen atoms in total. The third-order valence-electron chi connectivity index (χ3n) is 3.20. The maximum absolute atomic E-state index is 11.8. The van der Waals surface area contributed by atoms with Crippen LogP contribution in [0.15, 0.2) is 30.3 Å². The zero-order chi connectivity index (χ0) is 18.0. The monoisotopic (exact) mass is 337 g/mol. The van der Waals surface area contributed by atoms with Crippen molar-refractivity contribution in [3.8, 4) is 0 Å². The second kappa shape index (κ2) is 9.93. The van der Waals surface area contributed by atoms with E-state index in [4.69, 9.17) is 9.47 Å². The number of esters is 1. The van der Waals surface area contributed by atoms with E-state index in [1.54, 1.807) is 0 Å². The summed E-state index contributed by atoms with van der Waals surface area (Å²) in [5, 5.41) is 2.70. The first-order valence-electron chi connectivity index (χ1n) is 8.28. The third kappa shape index (κ3) is 9.15. The first-order valence-corrected chi connectivity index (χ1v) is 8.28. The van der Waals surface area contributed by atoms with Crippen LogP contribution in [0.3, 0.4) is 0 Å². The standard InChI is InChI=1S/C18H28N2O4/c1-18(2,3)24-16(21)15(19)11-7-8-12-20-17(22)23-13-14-9-5-4-6-10-14/h4-6,9-10,15H,7-8,11-13,19H2,1-3H3,(H,20,22)/p+1/t15-/m1/s1. The van der Waals surface area contributed by atoms with Gasteiger partial charge in [-0.3, -0.25) is 0 Å². The molecule has 0 spiro atoms. The van der Waals surface area contributed by atoms with E-state index in [1.165, 1.54) is 0 Å². The zero-order valence-corrected chi connectivity index (χ0v) is 14.8. The first-order chi connectivity index (χ1) is 11.3. The summed E-state index contributed by atoms with van der Waals surface area (Å²) >= 11 is 0. The molecule has 134 valence electrons. The number of hydrogen-bond donors (Lipinski definition) is 2. The molecule has 1 amide bonds. The van der Waals surface area contributed by atoms with E-state index in [9.17, 15) is 9.59 Å². The van der Waals surface area contributed by atoms with Crippen LogP contribution in [0.4, 0.5) is 4.79 Å². The van der Waals surface area contributed by atoms with E-state index >= 15 is 0 Å². The van der Waals surface area contributed by atoms with Crippen molar-refractivity contribution in [3.63, 3.8) is 0 Å². The van der Waals surface area contributed by atoms with Gasteiger partial charge in [0.1, 0.15) is 12.2 Å². The Bertz CT molecular complexity index is 512. The summed E-state index contributed by atoms with van der Waals surface area (Å²) < 4.78 is 10.4. The zero-order valence-electron chi connectivity index (χ0n) is 14.8. The van der Waals surface area contributed by atoms with Crippen molar-refractivity contribution < 1.29 is 24.8 Å². The van der Waals surface area contributed by atoms with E-state index in [1.807, 2.05) is 51.1 Å². The largest absolute Gasteiger partial charge is 0.456 e. The molecule has 0 saturated heterocycles. The smallest absolute Gasteiger partial charge is 0.407 e. The Morgan fingerprint density at radius 1 is 1.17 bits per heavy atom. The summed E-state index contributed by atoms with van der Waals surface area (Å²) in [5.41, 5.74) is 4.29. The number of rotatable bonds is 8. The van der Waals surface area contributed by atoms with Crippen LogP contribution in [0, 0.1) is 0 Å². The lowest BCUT2D eigenvalue weighted by Gasteiger charge is -2.20. The van der Waals surface area contributed by atoms with E-state index in [0.717, 1.165) is 18.4 Å². The van der Waals surface area contributed by atoms with E-state index in [-0.39, 0.29) is 18.6 Å². The molecule has 1 aromatic rings. The fourth-order valence-electron chi connectivity index (χ4n) is 1.98. The number of quaternary nitrogens is 1. The average molecular weight is 337 g/mol. The van der Waals surface area contributed by atoms with Gasteiger partial charge in [0.25, 0.3) is 0 Å². The molecular formula is C18H29N2O4+. The van der Waals surface area contributed by atoms with Crippen LogP contribution >= 0.6 is 0 Å². The summed E-state index contributed by atoms with van der Waals surface area (Å²) in [6, 6.07) is 9.13. The molecule has 0 heterocycles. The Labute approximate surface area is 143 Å². The number of hydrogen-bond acceptors (Lipinski definition) is 4. The summed E-state index contributed by atoms with van der Waals surface area (Å²) in [6.45, 7) is 6.27. The minimum Gasteiger partial charge on any atom is -0.456 e. The fraction of sp³-hybridized carbons (Fsp3) is 0.556. The quantitative estimate of drug-likeness (QED) is 0.561. The van der Waals surface area contributed by atoms with Gasteiger partial charge in [-0.1, -0.05) is 30.3 Å². The molecule has 0 aliphatic carbocycles. The lowest BCUT2D eigenvalue weighted by molar-refractivity contribution is -0.411. The van der Waals surface area contributed by atoms with E-state index in [0.29, 0.717) is 13.0 Å². The predicted octanol–water partition coefficient (Wildman–Crippen LogP) is 2.04. The van der Waals surface area contributed by atoms with Crippen LogP contribution in [-0.4, -0.2) is 30.3 Å². The van der Waals surface area contributed by atoms with E-state index < -0.39 is 11.7 Å². The molecule has 0 aliphatic heterocycles. The second-order valence-corrected chi connectivity index (χ2v) is 6.71. The number of amides is 1. The van der Waals surface area contributed by atoms with Crippen LogP contribution < -0.4 is 11.1 Å². The molecule has 0 aromatic heterocycles. The molecule has 1 atom stereocenters. The molecule has 4 N–H and O–H groups in total. The van der Waals surface area contributed by atoms with Gasteiger partial charge in [0.05, 0.1) is 0 Å². The summed E-state index contributed by atoms with van der Waals surface area (Å²) in [6.07, 6.45) is 1.74. The van der Waals surface area contributed by atoms with Crippen molar-refractivity contribution in [2.24, 2.45) is 0 Å². The Hall–Kier alpha value is -2.08. The number of carbonyl (C=O) groups is 2. The minimum atomic E-state index is -0.489. The van der Waals surface area contributed by atoms with Crippen molar-refractivity contribution in [2.75, 3.05) is 6.54 Å². The number of ether oxygens (including phenoxy) is 2. The number of alkyl carbamates (subject to hydrolysis) is 1. The van der Waals surface area contributed by atoms with Gasteiger partial charge < -0.3 is 20.5 Å². The molecule has 0 bridgehead atoms. The highest BCUT2D eigenvalue weighted by atomic mass is 16.6. The highest BCUT2D eigenvalue weighted by Crippen LogP contribution is 2.09. The number of benzene rings is 1. The van der Waals surface area contributed by atoms with Crippen molar-refractivity contribution >= 4 is 12.1 Å². The second-order valence-electron chi connectivity index (χ2n) is 6.71. The van der Waals surface area contributed by atoms with Gasteiger partial charge in [-0.2, -0.15) is 0 Å². The minimum absolute atomic E-state index is 0.256. The molecule has 1 aromatic carbocycles. The fourth-order valence-corrected chi connectivity index (χ4v) is 1.98. The first kappa shape index (κ1) is 20.0. The SMILES string of the molecule is CC(C)(C)OC(=O)[C@H]([NH3+])CCCCNC(=O)OCc1ccccc1. The van der Waals surface area contributed by atoms with Crippen LogP contribution in [0.25, 0.3) is 0 Å². The van der Waals surface area contributed by atoms with Crippen LogP contribution in [0.2, 0.25) is 0 Å². The lowest BCUT2D eigenvalue weighted by atomic mass is 10.1. The number of nitrogens with one attached hydrogen (secondary N) is 1. The molecule has 24 heavy (non-hydrogen) atoms. The number of unbranched alkanes of at least 4 members (excludes halogenated alkanes) is 1. The molecule has 0 unspecified atom stereocenters. The Morgan fingerprint density at radius 3 is 2.46 bits per heavy atom. The van der Waals surface area contributed by atoms with Crippen LogP contribution in [0.1, 0.15) is 45.6 Å². The van der Waals surface area contributed by atoms with Crippen molar-refractivity contribution in [1.29, 1.82) is 0 Å². The highest BCUT2D eigenvalue weighted by molar-refractivity contribution is 5.74.